The standard InChI is InChI=1S/C10H8N2O5S/c13-10(14)12-18(15,16)8-3-1-7(2-4-8)9-5-17-6-11-9/h1-6,12H,(H,13,14). The van der Waals surface area contributed by atoms with Gasteiger partial charge in [-0.3, -0.25) is 0 Å². The Morgan fingerprint density at radius 3 is 2.44 bits per heavy atom. The van der Waals surface area contributed by atoms with E-state index in [4.69, 9.17) is 9.52 Å². The second-order valence-electron chi connectivity index (χ2n) is 3.31. The van der Waals surface area contributed by atoms with Crippen LogP contribution in [0.4, 0.5) is 4.79 Å². The molecule has 8 heteroatoms. The number of carboxylic acid groups (broad SMARTS) is 1. The number of nitrogens with one attached hydrogen (secondary N) is 1. The predicted octanol–water partition coefficient (Wildman–Crippen LogP) is 1.30. The second kappa shape index (κ2) is 4.49. The molecule has 0 saturated carbocycles. The smallest absolute Gasteiger partial charge is 0.418 e. The van der Waals surface area contributed by atoms with Crippen LogP contribution in [0.25, 0.3) is 11.3 Å². The van der Waals surface area contributed by atoms with E-state index in [1.54, 1.807) is 0 Å². The molecule has 7 nitrogen and oxygen atoms in total. The highest BCUT2D eigenvalue weighted by Gasteiger charge is 2.16. The van der Waals surface area contributed by atoms with Crippen LogP contribution < -0.4 is 4.72 Å². The molecule has 0 aliphatic rings. The fraction of sp³-hybridized carbons (Fsp3) is 0. The van der Waals surface area contributed by atoms with Crippen molar-refractivity contribution >= 4 is 16.1 Å². The van der Waals surface area contributed by atoms with E-state index in [0.717, 1.165) is 0 Å². The highest BCUT2D eigenvalue weighted by atomic mass is 32.2. The number of amides is 1. The summed E-state index contributed by atoms with van der Waals surface area (Å²) in [6, 6.07) is 5.59. The monoisotopic (exact) mass is 268 g/mol. The molecule has 0 saturated heterocycles. The van der Waals surface area contributed by atoms with Crippen molar-refractivity contribution in [2.45, 2.75) is 4.90 Å². The van der Waals surface area contributed by atoms with Gasteiger partial charge in [0.1, 0.15) is 12.0 Å². The van der Waals surface area contributed by atoms with E-state index in [0.29, 0.717) is 11.3 Å². The van der Waals surface area contributed by atoms with Crippen LogP contribution in [0.15, 0.2) is 46.2 Å². The van der Waals surface area contributed by atoms with Crippen LogP contribution >= 0.6 is 0 Å². The molecule has 1 heterocycles. The molecule has 0 radical (unpaired) electrons. The average Bonchev–Trinajstić information content (AvgIpc) is 2.81. The highest BCUT2D eigenvalue weighted by molar-refractivity contribution is 7.90. The molecule has 18 heavy (non-hydrogen) atoms. The first kappa shape index (κ1) is 12.1. The van der Waals surface area contributed by atoms with Gasteiger partial charge in [-0.1, -0.05) is 12.1 Å². The minimum atomic E-state index is -4.04. The third kappa shape index (κ3) is 2.48. The molecule has 0 fully saturated rings. The second-order valence-corrected chi connectivity index (χ2v) is 4.99. The topological polar surface area (TPSA) is 110 Å². The Labute approximate surface area is 102 Å². The van der Waals surface area contributed by atoms with Gasteiger partial charge in [0.05, 0.1) is 4.90 Å². The summed E-state index contributed by atoms with van der Waals surface area (Å²) in [4.78, 5) is 14.1. The summed E-state index contributed by atoms with van der Waals surface area (Å²) in [6.45, 7) is 0. The van der Waals surface area contributed by atoms with E-state index >= 15 is 0 Å². The molecule has 0 spiro atoms. The molecule has 2 N–H and O–H groups in total. The lowest BCUT2D eigenvalue weighted by Crippen LogP contribution is -2.28. The number of nitrogens with zero attached hydrogens (tertiary/aromatic N) is 1. The minimum absolute atomic E-state index is 0.142. The molecule has 1 aromatic heterocycles. The minimum Gasteiger partial charge on any atom is -0.464 e. The number of oxazole rings is 1. The molecule has 0 aliphatic heterocycles. The van der Waals surface area contributed by atoms with Crippen LogP contribution in [0.5, 0.6) is 0 Å². The Hall–Kier alpha value is -2.35. The van der Waals surface area contributed by atoms with Gasteiger partial charge in [-0.25, -0.2) is 22.9 Å². The van der Waals surface area contributed by atoms with Gasteiger partial charge in [0.2, 0.25) is 0 Å². The van der Waals surface area contributed by atoms with Gasteiger partial charge < -0.3 is 9.52 Å². The van der Waals surface area contributed by atoms with Crippen molar-refractivity contribution in [2.75, 3.05) is 0 Å². The van der Waals surface area contributed by atoms with Gasteiger partial charge >= 0.3 is 6.09 Å². The summed E-state index contributed by atoms with van der Waals surface area (Å²) in [5, 5.41) is 8.40. The summed E-state index contributed by atoms with van der Waals surface area (Å²) >= 11 is 0. The summed E-state index contributed by atoms with van der Waals surface area (Å²) in [7, 11) is -4.04. The first-order valence-electron chi connectivity index (χ1n) is 4.73. The number of aromatic nitrogens is 1. The molecule has 94 valence electrons. The largest absolute Gasteiger partial charge is 0.464 e. The molecule has 1 amide bonds. The lowest BCUT2D eigenvalue weighted by Gasteiger charge is -2.03. The van der Waals surface area contributed by atoms with Crippen LogP contribution in [0.2, 0.25) is 0 Å². The van der Waals surface area contributed by atoms with Crippen molar-refractivity contribution in [2.24, 2.45) is 0 Å². The van der Waals surface area contributed by atoms with Crippen LogP contribution in [-0.2, 0) is 10.0 Å². The average molecular weight is 268 g/mol. The Kier molecular flexibility index (Phi) is 3.02. The summed E-state index contributed by atoms with van der Waals surface area (Å²) in [5.74, 6) is 0. The predicted molar refractivity (Wildman–Crippen MR) is 60.3 cm³/mol. The van der Waals surface area contributed by atoms with Gasteiger partial charge in [-0.15, -0.1) is 0 Å². The molecular weight excluding hydrogens is 260 g/mol. The van der Waals surface area contributed by atoms with Crippen molar-refractivity contribution in [3.8, 4) is 11.3 Å². The maximum absolute atomic E-state index is 11.5. The maximum Gasteiger partial charge on any atom is 0.418 e. The van der Waals surface area contributed by atoms with Crippen molar-refractivity contribution in [1.29, 1.82) is 0 Å². The quantitative estimate of drug-likeness (QED) is 0.868. The Balaban J connectivity index is 2.31. The van der Waals surface area contributed by atoms with Crippen LogP contribution in [0.3, 0.4) is 0 Å². The molecular formula is C10H8N2O5S. The van der Waals surface area contributed by atoms with E-state index in [1.165, 1.54) is 41.6 Å². The van der Waals surface area contributed by atoms with Crippen molar-refractivity contribution in [3.63, 3.8) is 0 Å². The van der Waals surface area contributed by atoms with E-state index in [1.807, 2.05) is 0 Å². The summed E-state index contributed by atoms with van der Waals surface area (Å²) in [6.07, 6.45) is 1.04. The van der Waals surface area contributed by atoms with Gasteiger partial charge in [0, 0.05) is 5.56 Å². The van der Waals surface area contributed by atoms with E-state index in [9.17, 15) is 13.2 Å². The van der Waals surface area contributed by atoms with Crippen LogP contribution in [0.1, 0.15) is 0 Å². The zero-order valence-corrected chi connectivity index (χ0v) is 9.72. The first-order valence-corrected chi connectivity index (χ1v) is 6.22. The Morgan fingerprint density at radius 2 is 1.94 bits per heavy atom. The van der Waals surface area contributed by atoms with Gasteiger partial charge in [-0.2, -0.15) is 0 Å². The van der Waals surface area contributed by atoms with E-state index < -0.39 is 16.1 Å². The normalized spacial score (nSPS) is 11.1. The van der Waals surface area contributed by atoms with Gasteiger partial charge in [0.15, 0.2) is 6.39 Å². The van der Waals surface area contributed by atoms with E-state index in [-0.39, 0.29) is 4.90 Å². The van der Waals surface area contributed by atoms with Gasteiger partial charge in [0.25, 0.3) is 10.0 Å². The maximum atomic E-state index is 11.5. The molecule has 0 bridgehead atoms. The Morgan fingerprint density at radius 1 is 1.28 bits per heavy atom. The lowest BCUT2D eigenvalue weighted by molar-refractivity contribution is 0.201. The first-order chi connectivity index (χ1) is 8.49. The fourth-order valence-corrected chi connectivity index (χ4v) is 2.18. The Bertz CT molecular complexity index is 646. The number of hydrogen-bond acceptors (Lipinski definition) is 5. The number of sulfonamides is 1. The van der Waals surface area contributed by atoms with Crippen LogP contribution in [0, 0.1) is 0 Å². The molecule has 0 atom stereocenters. The van der Waals surface area contributed by atoms with Crippen molar-refractivity contribution in [3.05, 3.63) is 36.9 Å². The molecule has 1 aromatic carbocycles. The van der Waals surface area contributed by atoms with Crippen molar-refractivity contribution < 1.29 is 22.7 Å². The van der Waals surface area contributed by atoms with Crippen LogP contribution in [-0.4, -0.2) is 24.6 Å². The van der Waals surface area contributed by atoms with Crippen molar-refractivity contribution in [1.82, 2.24) is 9.71 Å². The summed E-state index contributed by atoms with van der Waals surface area (Å²) in [5.41, 5.74) is 1.23. The number of rotatable bonds is 3. The number of benzene rings is 1. The number of hydrogen-bond donors (Lipinski definition) is 2. The van der Waals surface area contributed by atoms with Gasteiger partial charge in [-0.05, 0) is 12.1 Å². The summed E-state index contributed by atoms with van der Waals surface area (Å²) < 4.78 is 29.3. The molecule has 2 rings (SSSR count). The van der Waals surface area contributed by atoms with E-state index in [2.05, 4.69) is 4.98 Å². The zero-order chi connectivity index (χ0) is 13.2. The molecule has 0 aliphatic carbocycles. The third-order valence-corrected chi connectivity index (χ3v) is 3.45. The fourth-order valence-electron chi connectivity index (χ4n) is 1.33. The molecule has 2 aromatic rings. The molecule has 0 unspecified atom stereocenters. The zero-order valence-electron chi connectivity index (χ0n) is 8.90. The SMILES string of the molecule is O=C(O)NS(=O)(=O)c1ccc(-c2cocn2)cc1. The third-order valence-electron chi connectivity index (χ3n) is 2.11. The number of carbonyl (C=O) groups is 1. The lowest BCUT2D eigenvalue weighted by atomic mass is 10.2. The highest BCUT2D eigenvalue weighted by Crippen LogP contribution is 2.19.